The van der Waals surface area contributed by atoms with Crippen molar-refractivity contribution in [1.29, 1.82) is 5.26 Å². The highest BCUT2D eigenvalue weighted by Crippen LogP contribution is 2.44. The van der Waals surface area contributed by atoms with Crippen LogP contribution in [0.15, 0.2) is 48.8 Å². The second-order valence-electron chi connectivity index (χ2n) is 8.87. The van der Waals surface area contributed by atoms with E-state index >= 15 is 0 Å². The molecule has 2 aliphatic rings. The van der Waals surface area contributed by atoms with Gasteiger partial charge in [-0.25, -0.2) is 9.78 Å². The number of amides is 1. The summed E-state index contributed by atoms with van der Waals surface area (Å²) in [5.74, 6) is 0. The topological polar surface area (TPSA) is 91.4 Å². The van der Waals surface area contributed by atoms with E-state index in [4.69, 9.17) is 4.74 Å². The van der Waals surface area contributed by atoms with Gasteiger partial charge in [-0.2, -0.15) is 5.26 Å². The summed E-state index contributed by atoms with van der Waals surface area (Å²) in [7, 11) is 0. The maximum absolute atomic E-state index is 12.7. The van der Waals surface area contributed by atoms with Crippen molar-refractivity contribution in [3.63, 3.8) is 0 Å². The number of para-hydroxylation sites is 1. The van der Waals surface area contributed by atoms with E-state index in [0.29, 0.717) is 31.5 Å². The smallest absolute Gasteiger partial charge is 0.415 e. The molecule has 1 saturated heterocycles. The van der Waals surface area contributed by atoms with E-state index in [-0.39, 0.29) is 6.09 Å². The molecule has 2 atom stereocenters. The van der Waals surface area contributed by atoms with Gasteiger partial charge in [0.05, 0.1) is 53.4 Å². The van der Waals surface area contributed by atoms with Crippen molar-refractivity contribution in [3.8, 4) is 6.07 Å². The average Bonchev–Trinajstić information content (AvgIpc) is 3.27. The summed E-state index contributed by atoms with van der Waals surface area (Å²) in [6, 6.07) is 15.3. The molecule has 2 fully saturated rings. The van der Waals surface area contributed by atoms with Crippen molar-refractivity contribution < 1.29 is 14.6 Å². The molecule has 0 radical (unpaired) electrons. The van der Waals surface area contributed by atoms with Gasteiger partial charge in [0.2, 0.25) is 0 Å². The Balaban J connectivity index is 1.41. The third-order valence-electron chi connectivity index (χ3n) is 6.52. The number of benzene rings is 2. The number of carbonyl (C=O) groups is 1. The van der Waals surface area contributed by atoms with Gasteiger partial charge in [-0.05, 0) is 56.0 Å². The summed E-state index contributed by atoms with van der Waals surface area (Å²) in [6.07, 6.45) is 3.82. The standard InChI is InChI=1S/C24H24N4O3/c1-17-5-2-3-6-20(17)28-15-24(31-22(28)29)10-4-9-23(30,13-24)14-27-16-26-19-8-7-18(12-25)11-21(19)27/h2-3,5-8,11,16,30H,4,9-10,13-15H2,1H3. The maximum Gasteiger partial charge on any atom is 0.415 e. The first-order valence-corrected chi connectivity index (χ1v) is 10.5. The highest BCUT2D eigenvalue weighted by molar-refractivity contribution is 5.91. The molecule has 0 bridgehead atoms. The number of carbonyl (C=O) groups excluding carboxylic acids is 1. The number of imidazole rings is 1. The number of aromatic nitrogens is 2. The van der Waals surface area contributed by atoms with Crippen molar-refractivity contribution in [2.24, 2.45) is 0 Å². The molecule has 1 amide bonds. The molecule has 1 aliphatic heterocycles. The minimum absolute atomic E-state index is 0.335. The van der Waals surface area contributed by atoms with Crippen LogP contribution in [0.1, 0.15) is 36.8 Å². The Bertz CT molecular complexity index is 1210. The number of hydrogen-bond donors (Lipinski definition) is 1. The fraction of sp³-hybridized carbons (Fsp3) is 0.375. The maximum atomic E-state index is 12.7. The molecule has 31 heavy (non-hydrogen) atoms. The molecule has 7 nitrogen and oxygen atoms in total. The summed E-state index contributed by atoms with van der Waals surface area (Å²) >= 11 is 0. The summed E-state index contributed by atoms with van der Waals surface area (Å²) < 4.78 is 7.80. The highest BCUT2D eigenvalue weighted by atomic mass is 16.6. The molecule has 2 heterocycles. The van der Waals surface area contributed by atoms with Crippen LogP contribution < -0.4 is 4.90 Å². The first-order valence-electron chi connectivity index (χ1n) is 10.5. The van der Waals surface area contributed by atoms with Crippen molar-refractivity contribution >= 4 is 22.8 Å². The van der Waals surface area contributed by atoms with Crippen LogP contribution in [0.3, 0.4) is 0 Å². The van der Waals surface area contributed by atoms with Crippen LogP contribution in [0.5, 0.6) is 0 Å². The van der Waals surface area contributed by atoms with Gasteiger partial charge in [0.1, 0.15) is 5.60 Å². The predicted octanol–water partition coefficient (Wildman–Crippen LogP) is 3.92. The zero-order valence-electron chi connectivity index (χ0n) is 17.4. The second kappa shape index (κ2) is 7.10. The molecule has 3 aromatic rings. The summed E-state index contributed by atoms with van der Waals surface area (Å²) in [5, 5.41) is 20.7. The third-order valence-corrected chi connectivity index (χ3v) is 6.52. The molecule has 158 valence electrons. The lowest BCUT2D eigenvalue weighted by molar-refractivity contribution is -0.0917. The first kappa shape index (κ1) is 19.6. The van der Waals surface area contributed by atoms with Crippen LogP contribution in [0.4, 0.5) is 10.5 Å². The number of aryl methyl sites for hydroxylation is 1. The van der Waals surface area contributed by atoms with E-state index < -0.39 is 11.2 Å². The van der Waals surface area contributed by atoms with Gasteiger partial charge < -0.3 is 14.4 Å². The largest absolute Gasteiger partial charge is 0.441 e. The molecular weight excluding hydrogens is 392 g/mol. The zero-order valence-corrected chi connectivity index (χ0v) is 17.4. The van der Waals surface area contributed by atoms with E-state index in [1.807, 2.05) is 41.8 Å². The van der Waals surface area contributed by atoms with E-state index in [2.05, 4.69) is 11.1 Å². The predicted molar refractivity (Wildman–Crippen MR) is 116 cm³/mol. The van der Waals surface area contributed by atoms with Crippen molar-refractivity contribution in [3.05, 3.63) is 59.9 Å². The SMILES string of the molecule is Cc1ccccc1N1CC2(CCCC(O)(Cn3cnc4ccc(C#N)cc43)C2)OC1=O. The minimum Gasteiger partial charge on any atom is -0.441 e. The number of rotatable bonds is 3. The van der Waals surface area contributed by atoms with Crippen LogP contribution in [0, 0.1) is 18.3 Å². The number of nitrogens with zero attached hydrogens (tertiary/aromatic N) is 4. The molecule has 1 N–H and O–H groups in total. The van der Waals surface area contributed by atoms with Gasteiger partial charge >= 0.3 is 6.09 Å². The Hall–Kier alpha value is -3.37. The van der Waals surface area contributed by atoms with Gasteiger partial charge in [0.25, 0.3) is 0 Å². The van der Waals surface area contributed by atoms with Crippen LogP contribution in [-0.2, 0) is 11.3 Å². The van der Waals surface area contributed by atoms with Crippen molar-refractivity contribution in [2.45, 2.75) is 50.4 Å². The molecule has 1 aromatic heterocycles. The Morgan fingerprint density at radius 2 is 2.10 bits per heavy atom. The van der Waals surface area contributed by atoms with Gasteiger partial charge in [0, 0.05) is 6.42 Å². The minimum atomic E-state index is -1.03. The lowest BCUT2D eigenvalue weighted by atomic mass is 9.75. The summed E-state index contributed by atoms with van der Waals surface area (Å²) in [6.45, 7) is 2.74. The van der Waals surface area contributed by atoms with Crippen molar-refractivity contribution in [2.75, 3.05) is 11.4 Å². The summed E-state index contributed by atoms with van der Waals surface area (Å²) in [4.78, 5) is 18.8. The van der Waals surface area contributed by atoms with Gasteiger partial charge in [0.15, 0.2) is 0 Å². The third kappa shape index (κ3) is 3.43. The summed E-state index contributed by atoms with van der Waals surface area (Å²) in [5.41, 5.74) is 2.28. The normalized spacial score (nSPS) is 25.7. The Morgan fingerprint density at radius 3 is 2.90 bits per heavy atom. The van der Waals surface area contributed by atoms with Crippen LogP contribution in [0.2, 0.25) is 0 Å². The number of hydrogen-bond acceptors (Lipinski definition) is 5. The van der Waals surface area contributed by atoms with Crippen molar-refractivity contribution in [1.82, 2.24) is 9.55 Å². The Morgan fingerprint density at radius 1 is 1.26 bits per heavy atom. The number of fused-ring (bicyclic) bond motifs is 1. The van der Waals surface area contributed by atoms with Gasteiger partial charge in [-0.15, -0.1) is 0 Å². The number of aliphatic hydroxyl groups is 1. The number of ether oxygens (including phenoxy) is 1. The monoisotopic (exact) mass is 416 g/mol. The molecule has 5 rings (SSSR count). The van der Waals surface area contributed by atoms with E-state index in [1.54, 1.807) is 23.4 Å². The average molecular weight is 416 g/mol. The first-order chi connectivity index (χ1) is 14.9. The lowest BCUT2D eigenvalue weighted by Gasteiger charge is -2.41. The molecule has 7 heteroatoms. The fourth-order valence-electron chi connectivity index (χ4n) is 5.12. The Kier molecular flexibility index (Phi) is 4.49. The van der Waals surface area contributed by atoms with Crippen LogP contribution in [0.25, 0.3) is 11.0 Å². The Labute approximate surface area is 180 Å². The van der Waals surface area contributed by atoms with Gasteiger partial charge in [-0.3, -0.25) is 4.90 Å². The molecule has 2 unspecified atom stereocenters. The zero-order chi connectivity index (χ0) is 21.6. The number of nitriles is 1. The number of anilines is 1. The quantitative estimate of drug-likeness (QED) is 0.699. The van der Waals surface area contributed by atoms with Crippen LogP contribution >= 0.6 is 0 Å². The molecule has 1 spiro atoms. The second-order valence-corrected chi connectivity index (χ2v) is 8.87. The molecule has 1 saturated carbocycles. The highest BCUT2D eigenvalue weighted by Gasteiger charge is 2.52. The molecular formula is C24H24N4O3. The van der Waals surface area contributed by atoms with E-state index in [1.165, 1.54) is 0 Å². The fourth-order valence-corrected chi connectivity index (χ4v) is 5.12. The van der Waals surface area contributed by atoms with E-state index in [9.17, 15) is 15.2 Å². The van der Waals surface area contributed by atoms with Crippen LogP contribution in [-0.4, -0.2) is 38.5 Å². The molecule has 2 aromatic carbocycles. The molecule has 1 aliphatic carbocycles. The lowest BCUT2D eigenvalue weighted by Crippen LogP contribution is -2.50. The van der Waals surface area contributed by atoms with E-state index in [0.717, 1.165) is 35.1 Å². The van der Waals surface area contributed by atoms with Gasteiger partial charge in [-0.1, -0.05) is 18.2 Å².